The van der Waals surface area contributed by atoms with E-state index >= 15 is 0 Å². The SMILES string of the molecule is Nc1nc2c(ncn2[C@@H]2O[C@H](COP(=O)(O)OP(=O)(O)OP(=O)(O)OCCCCCCNC(=O)c3ccc(C(=O)O)c(-c4c5ccc(=O)cc-5oc5cc(O)ccc45)c3)[C@@H](O)[C@H]2O)c(=O)[nH]1. The van der Waals surface area contributed by atoms with Crippen LogP contribution in [0.5, 0.6) is 5.75 Å². The Morgan fingerprint density at radius 3 is 2.35 bits per heavy atom. The van der Waals surface area contributed by atoms with E-state index in [0.717, 1.165) is 10.9 Å². The molecule has 2 aliphatic heterocycles. The van der Waals surface area contributed by atoms with Gasteiger partial charge in [-0.1, -0.05) is 12.8 Å². The quantitative estimate of drug-likeness (QED) is 0.0317. The number of phosphoric ester groups is 2. The van der Waals surface area contributed by atoms with Crippen molar-refractivity contribution in [3.8, 4) is 28.2 Å². The van der Waals surface area contributed by atoms with Gasteiger partial charge in [0.2, 0.25) is 5.95 Å². The first kappa shape index (κ1) is 48.2. The molecule has 0 saturated carbocycles. The van der Waals surface area contributed by atoms with E-state index in [1.165, 1.54) is 54.6 Å². The number of benzene rings is 3. The Bertz CT molecular complexity index is 3070. The summed E-state index contributed by atoms with van der Waals surface area (Å²) in [6, 6.07) is 12.2. The van der Waals surface area contributed by atoms with Crippen molar-refractivity contribution in [3.63, 3.8) is 0 Å². The van der Waals surface area contributed by atoms with Crippen LogP contribution in [0.1, 0.15) is 52.6 Å². The highest BCUT2D eigenvalue weighted by atomic mass is 31.3. The second-order valence-electron chi connectivity index (χ2n) is 14.6. The van der Waals surface area contributed by atoms with Gasteiger partial charge >= 0.3 is 29.4 Å². The number of amides is 1. The predicted octanol–water partition coefficient (Wildman–Crippen LogP) is 2.96. The van der Waals surface area contributed by atoms with E-state index in [-0.39, 0.29) is 69.3 Å². The predicted molar refractivity (Wildman–Crippen MR) is 226 cm³/mol. The molecule has 66 heavy (non-hydrogen) atoms. The molecule has 7 rings (SSSR count). The molecule has 2 aromatic heterocycles. The third-order valence-corrected chi connectivity index (χ3v) is 14.2. The molecule has 1 saturated heterocycles. The lowest BCUT2D eigenvalue weighted by Crippen LogP contribution is -2.33. The maximum absolute atomic E-state index is 13.2. The number of aromatic amines is 1. The van der Waals surface area contributed by atoms with E-state index in [9.17, 15) is 68.0 Å². The Morgan fingerprint density at radius 1 is 0.879 bits per heavy atom. The molecule has 11 N–H and O–H groups in total. The van der Waals surface area contributed by atoms with E-state index in [2.05, 4.69) is 37.9 Å². The Morgan fingerprint density at radius 2 is 1.61 bits per heavy atom. The number of fused-ring (bicyclic) bond motifs is 3. The molecule has 2 aromatic carbocycles. The number of H-pyrrole nitrogens is 1. The van der Waals surface area contributed by atoms with Gasteiger partial charge in [-0.2, -0.15) is 13.6 Å². The number of hydrogen-bond acceptors (Lipinski definition) is 19. The molecule has 4 aromatic rings. The Balaban J connectivity index is 0.858. The van der Waals surface area contributed by atoms with E-state index in [1.54, 1.807) is 0 Å². The van der Waals surface area contributed by atoms with Gasteiger partial charge in [-0.05, 0) is 60.9 Å². The molecule has 3 unspecified atom stereocenters. The van der Waals surface area contributed by atoms with Crippen molar-refractivity contribution < 1.29 is 85.2 Å². The maximum Gasteiger partial charge on any atom is 0.490 e. The fraction of sp³-hybridized carbons (Fsp3) is 0.297. The summed E-state index contributed by atoms with van der Waals surface area (Å²) >= 11 is 0. The highest BCUT2D eigenvalue weighted by Crippen LogP contribution is 2.67. The molecule has 0 spiro atoms. The number of carbonyl (C=O) groups is 2. The zero-order chi connectivity index (χ0) is 47.7. The monoisotopic (exact) mass is 980 g/mol. The maximum atomic E-state index is 13.2. The number of hydrogen-bond donors (Lipinski definition) is 10. The molecule has 1 fully saturated rings. The standard InChI is InChI=1S/C37H39N6O20P3/c38-37-41-32-29(34(49)42-37)40-17-43(32)35-31(47)30(46)27(61-35)16-59-65(54,55)63-66(56,57)62-64(52,53)58-12-4-2-1-3-11-39-33(48)18-5-8-21(36(50)51)24(13-18)28-22-9-6-19(44)14-25(22)60-26-15-20(45)7-10-23(26)28/h5-10,13-15,17,27,30-31,35,44,46-47H,1-4,11-12,16H2,(H,39,48)(H,50,51)(H,52,53)(H,54,55)(H,56,57)(H3,38,41,42,49)/t27-,30-,31-,35-/m1/s1. The first-order chi connectivity index (χ1) is 31.1. The number of phenolic OH excluding ortho intramolecular Hbond substituents is 1. The molecule has 0 radical (unpaired) electrons. The lowest BCUT2D eigenvalue weighted by Gasteiger charge is -2.20. The first-order valence-electron chi connectivity index (χ1n) is 19.4. The number of unbranched alkanes of at least 4 members (excludes halogenated alkanes) is 3. The number of nitrogen functional groups attached to an aromatic ring is 1. The number of aliphatic hydroxyl groups excluding tert-OH is 2. The van der Waals surface area contributed by atoms with Crippen LogP contribution < -0.4 is 22.0 Å². The molecule has 26 nitrogen and oxygen atoms in total. The summed E-state index contributed by atoms with van der Waals surface area (Å²) in [5.41, 5.74) is 5.17. The zero-order valence-corrected chi connectivity index (χ0v) is 36.4. The van der Waals surface area contributed by atoms with Crippen molar-refractivity contribution in [2.24, 2.45) is 0 Å². The number of aromatic hydroxyl groups is 1. The van der Waals surface area contributed by atoms with Crippen molar-refractivity contribution in [2.45, 2.75) is 50.2 Å². The van der Waals surface area contributed by atoms with Crippen LogP contribution in [0.15, 0.2) is 74.9 Å². The Kier molecular flexibility index (Phi) is 14.1. The molecule has 7 atom stereocenters. The number of nitrogens with one attached hydrogen (secondary N) is 2. The van der Waals surface area contributed by atoms with E-state index in [0.29, 0.717) is 35.8 Å². The fourth-order valence-electron chi connectivity index (χ4n) is 7.01. The van der Waals surface area contributed by atoms with Crippen LogP contribution in [0.3, 0.4) is 0 Å². The zero-order valence-electron chi connectivity index (χ0n) is 33.7. The average molecular weight is 981 g/mol. The number of aromatic carboxylic acids is 1. The van der Waals surface area contributed by atoms with Gasteiger partial charge in [-0.15, -0.1) is 0 Å². The third-order valence-electron chi connectivity index (χ3n) is 9.95. The van der Waals surface area contributed by atoms with Gasteiger partial charge in [0.25, 0.3) is 11.5 Å². The largest absolute Gasteiger partial charge is 0.508 e. The molecule has 352 valence electrons. The second-order valence-corrected chi connectivity index (χ2v) is 19.2. The molecular weight excluding hydrogens is 941 g/mol. The van der Waals surface area contributed by atoms with Gasteiger partial charge in [0.05, 0.1) is 25.1 Å². The topological polar surface area (TPSA) is 405 Å². The van der Waals surface area contributed by atoms with Crippen molar-refractivity contribution in [1.82, 2.24) is 24.8 Å². The number of phenols is 1. The molecule has 3 aliphatic rings. The number of rotatable bonds is 19. The number of nitrogens with two attached hydrogens (primary N) is 1. The van der Waals surface area contributed by atoms with Gasteiger partial charge in [0.1, 0.15) is 35.4 Å². The highest BCUT2D eigenvalue weighted by Gasteiger charge is 2.47. The number of carbonyl (C=O) groups excluding carboxylic acids is 1. The van der Waals surface area contributed by atoms with Crippen LogP contribution in [-0.4, -0.2) is 105 Å². The molecular formula is C37H39N6O20P3. The van der Waals surface area contributed by atoms with Crippen LogP contribution in [0.25, 0.3) is 44.6 Å². The average Bonchev–Trinajstić information content (AvgIpc) is 3.77. The molecule has 4 heterocycles. The van der Waals surface area contributed by atoms with Gasteiger partial charge < -0.3 is 55.3 Å². The van der Waals surface area contributed by atoms with Crippen LogP contribution in [0.4, 0.5) is 5.95 Å². The number of aliphatic hydroxyl groups is 2. The number of nitrogens with zero attached hydrogens (tertiary/aromatic N) is 3. The number of carboxylic acids is 1. The van der Waals surface area contributed by atoms with Gasteiger partial charge in [-0.3, -0.25) is 33.0 Å². The third kappa shape index (κ3) is 10.9. The normalized spacial score (nSPS) is 20.3. The van der Waals surface area contributed by atoms with Crippen LogP contribution >= 0.6 is 23.5 Å². The van der Waals surface area contributed by atoms with Crippen molar-refractivity contribution in [1.29, 1.82) is 0 Å². The number of ether oxygens (including phenoxy) is 1. The lowest BCUT2D eigenvalue weighted by atomic mass is 9.89. The van der Waals surface area contributed by atoms with E-state index in [1.807, 2.05) is 0 Å². The number of aromatic nitrogens is 4. The van der Waals surface area contributed by atoms with Gasteiger partial charge in [0, 0.05) is 40.8 Å². The van der Waals surface area contributed by atoms with Gasteiger partial charge in [-0.25, -0.2) is 23.5 Å². The molecule has 29 heteroatoms. The van der Waals surface area contributed by atoms with E-state index in [4.69, 9.17) is 14.9 Å². The summed E-state index contributed by atoms with van der Waals surface area (Å²) in [6.45, 7) is -1.40. The summed E-state index contributed by atoms with van der Waals surface area (Å²) in [4.78, 5) is 89.8. The summed E-state index contributed by atoms with van der Waals surface area (Å²) < 4.78 is 67.1. The first-order valence-corrected chi connectivity index (χ1v) is 23.9. The van der Waals surface area contributed by atoms with E-state index < -0.39 is 78.7 Å². The summed E-state index contributed by atoms with van der Waals surface area (Å²) in [5, 5.41) is 44.3. The number of imidazole rings is 1. The Labute approximate surface area is 369 Å². The molecule has 1 amide bonds. The number of carboxylic acid groups (broad SMARTS) is 1. The molecule has 1 aliphatic carbocycles. The minimum Gasteiger partial charge on any atom is -0.508 e. The highest BCUT2D eigenvalue weighted by molar-refractivity contribution is 7.66. The van der Waals surface area contributed by atoms with Crippen LogP contribution in [-0.2, 0) is 36.1 Å². The second kappa shape index (κ2) is 19.3. The van der Waals surface area contributed by atoms with Crippen molar-refractivity contribution in [2.75, 3.05) is 25.5 Å². The van der Waals surface area contributed by atoms with Gasteiger partial charge in [0.15, 0.2) is 22.8 Å². The van der Waals surface area contributed by atoms with Crippen LogP contribution in [0, 0.1) is 0 Å². The van der Waals surface area contributed by atoms with Crippen molar-refractivity contribution >= 4 is 63.4 Å². The minimum absolute atomic E-state index is 0.0995. The van der Waals surface area contributed by atoms with Crippen molar-refractivity contribution in [3.05, 3.63) is 92.6 Å². The number of anilines is 1. The minimum atomic E-state index is -5.86. The number of phosphoric acid groups is 3. The summed E-state index contributed by atoms with van der Waals surface area (Å²) in [6.07, 6.45) is -4.26. The fourth-order valence-corrected chi connectivity index (χ4v) is 10.6. The smallest absolute Gasteiger partial charge is 0.490 e. The summed E-state index contributed by atoms with van der Waals surface area (Å²) in [5.74, 6) is -2.14. The molecule has 0 bridgehead atoms. The van der Waals surface area contributed by atoms with Crippen LogP contribution in [0.2, 0.25) is 0 Å². The summed E-state index contributed by atoms with van der Waals surface area (Å²) in [7, 11) is -16.9. The Hall–Kier alpha value is -5.69. The lowest BCUT2D eigenvalue weighted by molar-refractivity contribution is -0.0503.